The molecule has 142 valence electrons. The van der Waals surface area contributed by atoms with Gasteiger partial charge in [-0.05, 0) is 81.7 Å². The van der Waals surface area contributed by atoms with E-state index < -0.39 is 0 Å². The molecule has 28 heavy (non-hydrogen) atoms. The molecule has 3 aromatic carbocycles. The summed E-state index contributed by atoms with van der Waals surface area (Å²) in [6.07, 6.45) is 1.58. The van der Waals surface area contributed by atoms with E-state index in [1.165, 1.54) is 0 Å². The lowest BCUT2D eigenvalue weighted by Gasteiger charge is -2.09. The standard InChI is InChI=1S/C21H15Br3N2O2/c22-17-6-1-14(2-7-17)13-28-20-10-3-15(11-19(20)24)12-25-26-21(27)16-4-8-18(23)9-5-16/h1-12H,13H2,(H,26,27)/b25-12-. The molecule has 0 fully saturated rings. The summed E-state index contributed by atoms with van der Waals surface area (Å²) in [5.41, 5.74) is 4.97. The molecule has 0 unspecified atom stereocenters. The van der Waals surface area contributed by atoms with Crippen LogP contribution in [0.3, 0.4) is 0 Å². The van der Waals surface area contributed by atoms with Crippen LogP contribution in [-0.4, -0.2) is 12.1 Å². The van der Waals surface area contributed by atoms with E-state index in [2.05, 4.69) is 58.3 Å². The summed E-state index contributed by atoms with van der Waals surface area (Å²) in [4.78, 5) is 12.0. The smallest absolute Gasteiger partial charge is 0.271 e. The largest absolute Gasteiger partial charge is 0.488 e. The van der Waals surface area contributed by atoms with Crippen LogP contribution in [0.5, 0.6) is 5.75 Å². The lowest BCUT2D eigenvalue weighted by Crippen LogP contribution is -2.17. The predicted molar refractivity (Wildman–Crippen MR) is 122 cm³/mol. The summed E-state index contributed by atoms with van der Waals surface area (Å²) >= 11 is 10.3. The molecule has 0 saturated heterocycles. The Balaban J connectivity index is 1.57. The van der Waals surface area contributed by atoms with E-state index in [9.17, 15) is 4.79 Å². The van der Waals surface area contributed by atoms with Crippen LogP contribution in [0.2, 0.25) is 0 Å². The first-order chi connectivity index (χ1) is 13.5. The third-order valence-corrected chi connectivity index (χ3v) is 5.43. The van der Waals surface area contributed by atoms with Crippen LogP contribution in [0, 0.1) is 0 Å². The van der Waals surface area contributed by atoms with Gasteiger partial charge in [0.25, 0.3) is 5.91 Å². The Morgan fingerprint density at radius 2 is 1.57 bits per heavy atom. The zero-order valence-electron chi connectivity index (χ0n) is 14.5. The first-order valence-electron chi connectivity index (χ1n) is 8.27. The van der Waals surface area contributed by atoms with Crippen LogP contribution in [0.25, 0.3) is 0 Å². The molecule has 7 heteroatoms. The third-order valence-electron chi connectivity index (χ3n) is 3.75. The summed E-state index contributed by atoms with van der Waals surface area (Å²) in [6, 6.07) is 20.7. The van der Waals surface area contributed by atoms with Crippen LogP contribution in [0.1, 0.15) is 21.5 Å². The van der Waals surface area contributed by atoms with Gasteiger partial charge in [-0.15, -0.1) is 0 Å². The molecule has 0 aromatic heterocycles. The van der Waals surface area contributed by atoms with Crippen molar-refractivity contribution < 1.29 is 9.53 Å². The lowest BCUT2D eigenvalue weighted by atomic mass is 10.2. The Morgan fingerprint density at radius 1 is 0.929 bits per heavy atom. The van der Waals surface area contributed by atoms with Gasteiger partial charge in [-0.25, -0.2) is 5.43 Å². The molecule has 3 aromatic rings. The highest BCUT2D eigenvalue weighted by Crippen LogP contribution is 2.26. The summed E-state index contributed by atoms with van der Waals surface area (Å²) in [7, 11) is 0. The normalized spacial score (nSPS) is 10.8. The quantitative estimate of drug-likeness (QED) is 0.280. The average molecular weight is 567 g/mol. The molecule has 0 aliphatic heterocycles. The first kappa shape index (κ1) is 20.8. The number of carbonyl (C=O) groups excluding carboxylic acids is 1. The van der Waals surface area contributed by atoms with Gasteiger partial charge in [0, 0.05) is 14.5 Å². The molecule has 3 rings (SSSR count). The van der Waals surface area contributed by atoms with Crippen LogP contribution in [0.15, 0.2) is 85.2 Å². The minimum absolute atomic E-state index is 0.266. The van der Waals surface area contributed by atoms with Gasteiger partial charge in [0.05, 0.1) is 10.7 Å². The molecule has 0 aliphatic rings. The van der Waals surface area contributed by atoms with Gasteiger partial charge in [0.2, 0.25) is 0 Å². The maximum atomic E-state index is 12.0. The Hall–Kier alpha value is -1.96. The van der Waals surface area contributed by atoms with Crippen molar-refractivity contribution in [2.45, 2.75) is 6.61 Å². The molecule has 0 radical (unpaired) electrons. The molecule has 1 amide bonds. The molecule has 1 N–H and O–H groups in total. The second kappa shape index (κ2) is 10.0. The molecule has 0 aliphatic carbocycles. The maximum Gasteiger partial charge on any atom is 0.271 e. The van der Waals surface area contributed by atoms with Crippen molar-refractivity contribution in [2.75, 3.05) is 0 Å². The number of carbonyl (C=O) groups is 1. The van der Waals surface area contributed by atoms with Crippen molar-refractivity contribution >= 4 is 59.9 Å². The second-order valence-electron chi connectivity index (χ2n) is 5.81. The van der Waals surface area contributed by atoms with Gasteiger partial charge in [-0.2, -0.15) is 5.10 Å². The number of ether oxygens (including phenoxy) is 1. The number of halogens is 3. The van der Waals surface area contributed by atoms with E-state index in [4.69, 9.17) is 4.74 Å². The number of nitrogens with one attached hydrogen (secondary N) is 1. The molecular weight excluding hydrogens is 552 g/mol. The molecule has 0 saturated carbocycles. The minimum atomic E-state index is -0.266. The van der Waals surface area contributed by atoms with Crippen LogP contribution in [-0.2, 0) is 6.61 Å². The number of hydrogen-bond acceptors (Lipinski definition) is 3. The van der Waals surface area contributed by atoms with Crippen molar-refractivity contribution in [1.82, 2.24) is 5.43 Å². The fourth-order valence-corrected chi connectivity index (χ4v) is 3.33. The van der Waals surface area contributed by atoms with Gasteiger partial charge < -0.3 is 4.74 Å². The van der Waals surface area contributed by atoms with Crippen LogP contribution in [0.4, 0.5) is 0 Å². The highest BCUT2D eigenvalue weighted by Gasteiger charge is 2.05. The average Bonchev–Trinajstić information content (AvgIpc) is 2.69. The lowest BCUT2D eigenvalue weighted by molar-refractivity contribution is 0.0955. The van der Waals surface area contributed by atoms with Crippen molar-refractivity contribution in [3.05, 3.63) is 96.8 Å². The van der Waals surface area contributed by atoms with E-state index in [1.807, 2.05) is 54.6 Å². The van der Waals surface area contributed by atoms with Crippen molar-refractivity contribution in [2.24, 2.45) is 5.10 Å². The molecule has 0 bridgehead atoms. The van der Waals surface area contributed by atoms with Crippen LogP contribution >= 0.6 is 47.8 Å². The highest BCUT2D eigenvalue weighted by atomic mass is 79.9. The fourth-order valence-electron chi connectivity index (χ4n) is 2.29. The van der Waals surface area contributed by atoms with Gasteiger partial charge in [-0.1, -0.05) is 44.0 Å². The summed E-state index contributed by atoms with van der Waals surface area (Å²) in [5.74, 6) is 0.469. The first-order valence-corrected chi connectivity index (χ1v) is 10.6. The SMILES string of the molecule is O=C(N/N=C\c1ccc(OCc2ccc(Br)cc2)c(Br)c1)c1ccc(Br)cc1. The van der Waals surface area contributed by atoms with E-state index >= 15 is 0 Å². The monoisotopic (exact) mass is 564 g/mol. The van der Waals surface area contributed by atoms with Gasteiger partial charge in [0.15, 0.2) is 0 Å². The van der Waals surface area contributed by atoms with Gasteiger partial charge in [0.1, 0.15) is 12.4 Å². The summed E-state index contributed by atoms with van der Waals surface area (Å²) < 4.78 is 8.61. The molecule has 0 atom stereocenters. The van der Waals surface area contributed by atoms with Crippen LogP contribution < -0.4 is 10.2 Å². The summed E-state index contributed by atoms with van der Waals surface area (Å²) in [5, 5.41) is 4.01. The zero-order valence-corrected chi connectivity index (χ0v) is 19.3. The van der Waals surface area contributed by atoms with Gasteiger partial charge >= 0.3 is 0 Å². The second-order valence-corrected chi connectivity index (χ2v) is 8.50. The summed E-state index contributed by atoms with van der Waals surface area (Å²) in [6.45, 7) is 0.475. The predicted octanol–water partition coefficient (Wildman–Crippen LogP) is 6.32. The van der Waals surface area contributed by atoms with Crippen molar-refractivity contribution in [3.8, 4) is 5.75 Å². The maximum absolute atomic E-state index is 12.0. The molecule has 0 spiro atoms. The Labute approximate surface area is 188 Å². The Morgan fingerprint density at radius 3 is 2.21 bits per heavy atom. The molecule has 4 nitrogen and oxygen atoms in total. The number of benzene rings is 3. The van der Waals surface area contributed by atoms with E-state index in [0.717, 1.165) is 30.3 Å². The number of amides is 1. The Kier molecular flexibility index (Phi) is 7.42. The Bertz CT molecular complexity index is 988. The fraction of sp³-hybridized carbons (Fsp3) is 0.0476. The minimum Gasteiger partial charge on any atom is -0.488 e. The number of hydrazone groups is 1. The third kappa shape index (κ3) is 6.02. The van der Waals surface area contributed by atoms with E-state index in [-0.39, 0.29) is 5.91 Å². The van der Waals surface area contributed by atoms with Crippen molar-refractivity contribution in [3.63, 3.8) is 0 Å². The highest BCUT2D eigenvalue weighted by molar-refractivity contribution is 9.11. The number of nitrogens with zero attached hydrogens (tertiary/aromatic N) is 1. The molecular formula is C21H15Br3N2O2. The number of hydrogen-bond donors (Lipinski definition) is 1. The van der Waals surface area contributed by atoms with Gasteiger partial charge in [-0.3, -0.25) is 4.79 Å². The van der Waals surface area contributed by atoms with E-state index in [1.54, 1.807) is 18.3 Å². The molecule has 0 heterocycles. The zero-order chi connectivity index (χ0) is 19.9. The van der Waals surface area contributed by atoms with E-state index in [0.29, 0.717) is 12.2 Å². The topological polar surface area (TPSA) is 50.7 Å². The van der Waals surface area contributed by atoms with Crippen molar-refractivity contribution in [1.29, 1.82) is 0 Å². The number of rotatable bonds is 6.